The van der Waals surface area contributed by atoms with Gasteiger partial charge in [-0.15, -0.1) is 0 Å². The summed E-state index contributed by atoms with van der Waals surface area (Å²) in [6.07, 6.45) is 6.45. The van der Waals surface area contributed by atoms with Gasteiger partial charge >= 0.3 is 0 Å². The van der Waals surface area contributed by atoms with Gasteiger partial charge in [0.25, 0.3) is 0 Å². The molecule has 0 aliphatic rings. The first kappa shape index (κ1) is 9.16. The molecule has 0 aliphatic heterocycles. The van der Waals surface area contributed by atoms with Crippen LogP contribution in [0.1, 0.15) is 32.1 Å². The molecule has 0 aromatic rings. The molecule has 0 saturated carbocycles. The standard InChI is InChI=1S/C8H12FN/c9-7-5-3-1-2-4-6-8-10/h5,7H,1-4,6H2/b7-5+. The Hall–Kier alpha value is -0.840. The van der Waals surface area contributed by atoms with Crippen LogP contribution in [0.15, 0.2) is 12.4 Å². The first-order chi connectivity index (χ1) is 4.91. The smallest absolute Gasteiger partial charge is 0.0827 e. The van der Waals surface area contributed by atoms with Crippen LogP contribution < -0.4 is 0 Å². The maximum absolute atomic E-state index is 11.3. The van der Waals surface area contributed by atoms with Crippen LogP contribution in [0.3, 0.4) is 0 Å². The normalized spacial score (nSPS) is 10.0. The van der Waals surface area contributed by atoms with E-state index in [0.717, 1.165) is 25.7 Å². The number of hydrogen-bond acceptors (Lipinski definition) is 1. The highest BCUT2D eigenvalue weighted by molar-refractivity contribution is 4.72. The van der Waals surface area contributed by atoms with Gasteiger partial charge in [0, 0.05) is 6.42 Å². The van der Waals surface area contributed by atoms with E-state index in [1.165, 1.54) is 6.08 Å². The van der Waals surface area contributed by atoms with Crippen molar-refractivity contribution in [2.75, 3.05) is 0 Å². The summed E-state index contributed by atoms with van der Waals surface area (Å²) in [6.45, 7) is 0. The number of halogens is 1. The highest BCUT2D eigenvalue weighted by Gasteiger charge is 1.85. The number of unbranched alkanes of at least 4 members (excludes halogenated alkanes) is 4. The van der Waals surface area contributed by atoms with Gasteiger partial charge in [-0.3, -0.25) is 0 Å². The molecule has 2 heteroatoms. The Morgan fingerprint density at radius 1 is 1.30 bits per heavy atom. The Bertz CT molecular complexity index is 124. The molecule has 0 bridgehead atoms. The zero-order chi connectivity index (χ0) is 7.66. The van der Waals surface area contributed by atoms with Crippen LogP contribution in [0.5, 0.6) is 0 Å². The van der Waals surface area contributed by atoms with Crippen LogP contribution in [-0.4, -0.2) is 0 Å². The molecule has 0 amide bonds. The van der Waals surface area contributed by atoms with Crippen LogP contribution in [0.4, 0.5) is 4.39 Å². The first-order valence-corrected chi connectivity index (χ1v) is 3.54. The van der Waals surface area contributed by atoms with E-state index in [-0.39, 0.29) is 0 Å². The predicted molar refractivity (Wildman–Crippen MR) is 38.9 cm³/mol. The van der Waals surface area contributed by atoms with Crippen molar-refractivity contribution >= 4 is 0 Å². The van der Waals surface area contributed by atoms with Gasteiger partial charge in [-0.25, -0.2) is 4.39 Å². The van der Waals surface area contributed by atoms with Gasteiger partial charge in [-0.1, -0.05) is 12.5 Å². The Labute approximate surface area is 61.2 Å². The molecular formula is C8H12FN. The van der Waals surface area contributed by atoms with E-state index in [1.54, 1.807) is 0 Å². The zero-order valence-electron chi connectivity index (χ0n) is 6.02. The molecule has 0 atom stereocenters. The number of rotatable bonds is 5. The average Bonchev–Trinajstić information content (AvgIpc) is 1.97. The van der Waals surface area contributed by atoms with Crippen molar-refractivity contribution in [2.45, 2.75) is 32.1 Å². The van der Waals surface area contributed by atoms with Gasteiger partial charge in [-0.05, 0) is 19.3 Å². The van der Waals surface area contributed by atoms with Crippen LogP contribution in [0, 0.1) is 11.3 Å². The molecule has 10 heavy (non-hydrogen) atoms. The maximum Gasteiger partial charge on any atom is 0.0827 e. The highest BCUT2D eigenvalue weighted by Crippen LogP contribution is 2.02. The number of hydrogen-bond donors (Lipinski definition) is 0. The van der Waals surface area contributed by atoms with E-state index >= 15 is 0 Å². The lowest BCUT2D eigenvalue weighted by Crippen LogP contribution is -1.73. The zero-order valence-corrected chi connectivity index (χ0v) is 6.02. The van der Waals surface area contributed by atoms with E-state index < -0.39 is 0 Å². The minimum Gasteiger partial charge on any atom is -0.216 e. The predicted octanol–water partition coefficient (Wildman–Crippen LogP) is 2.94. The minimum absolute atomic E-state index is 0.574. The van der Waals surface area contributed by atoms with Gasteiger partial charge < -0.3 is 0 Å². The number of nitrogens with zero attached hydrogens (tertiary/aromatic N) is 1. The molecule has 0 unspecified atom stereocenters. The second-order valence-corrected chi connectivity index (χ2v) is 2.12. The SMILES string of the molecule is N#CCCCCC/C=C/F. The number of nitriles is 1. The molecule has 1 nitrogen and oxygen atoms in total. The molecule has 0 heterocycles. The topological polar surface area (TPSA) is 23.8 Å². The molecule has 56 valence electrons. The van der Waals surface area contributed by atoms with Crippen LogP contribution in [0.2, 0.25) is 0 Å². The fourth-order valence-corrected chi connectivity index (χ4v) is 0.706. The Morgan fingerprint density at radius 2 is 2.10 bits per heavy atom. The summed E-state index contributed by atoms with van der Waals surface area (Å²) in [5.74, 6) is 0. The van der Waals surface area contributed by atoms with Gasteiger partial charge in [0.15, 0.2) is 0 Å². The van der Waals surface area contributed by atoms with Crippen molar-refractivity contribution in [1.29, 1.82) is 5.26 Å². The fraction of sp³-hybridized carbons (Fsp3) is 0.625. The third-order valence-corrected chi connectivity index (χ3v) is 1.25. The summed E-state index contributed by atoms with van der Waals surface area (Å²) in [5, 5.41) is 8.14. The molecule has 0 aromatic heterocycles. The van der Waals surface area contributed by atoms with E-state index in [0.29, 0.717) is 12.8 Å². The van der Waals surface area contributed by atoms with Gasteiger partial charge in [0.05, 0.1) is 12.4 Å². The minimum atomic E-state index is 0.574. The summed E-state index contributed by atoms with van der Waals surface area (Å²) in [5.41, 5.74) is 0. The second kappa shape index (κ2) is 8.16. The largest absolute Gasteiger partial charge is 0.216 e. The monoisotopic (exact) mass is 141 g/mol. The molecule has 0 radical (unpaired) electrons. The average molecular weight is 141 g/mol. The molecule has 0 aliphatic carbocycles. The van der Waals surface area contributed by atoms with Gasteiger partial charge in [0.2, 0.25) is 0 Å². The van der Waals surface area contributed by atoms with E-state index in [9.17, 15) is 4.39 Å². The van der Waals surface area contributed by atoms with Crippen LogP contribution in [0.25, 0.3) is 0 Å². The number of allylic oxidation sites excluding steroid dienone is 1. The van der Waals surface area contributed by atoms with Crippen molar-refractivity contribution < 1.29 is 4.39 Å². The lowest BCUT2D eigenvalue weighted by atomic mass is 10.1. The molecular weight excluding hydrogens is 129 g/mol. The molecule has 0 rings (SSSR count). The quantitative estimate of drug-likeness (QED) is 0.540. The van der Waals surface area contributed by atoms with Crippen molar-refractivity contribution in [3.8, 4) is 6.07 Å². The lowest BCUT2D eigenvalue weighted by Gasteiger charge is -1.90. The molecule has 0 fully saturated rings. The summed E-state index contributed by atoms with van der Waals surface area (Å²) in [6, 6.07) is 2.07. The van der Waals surface area contributed by atoms with Crippen molar-refractivity contribution in [2.24, 2.45) is 0 Å². The molecule has 0 aromatic carbocycles. The van der Waals surface area contributed by atoms with Gasteiger partial charge in [0.1, 0.15) is 0 Å². The fourth-order valence-electron chi connectivity index (χ4n) is 0.706. The first-order valence-electron chi connectivity index (χ1n) is 3.54. The Balaban J connectivity index is 2.85. The summed E-state index contributed by atoms with van der Waals surface area (Å²) in [4.78, 5) is 0. The summed E-state index contributed by atoms with van der Waals surface area (Å²) in [7, 11) is 0. The third kappa shape index (κ3) is 7.16. The van der Waals surface area contributed by atoms with Crippen LogP contribution >= 0.6 is 0 Å². The highest BCUT2D eigenvalue weighted by atomic mass is 19.1. The van der Waals surface area contributed by atoms with E-state index in [1.807, 2.05) is 0 Å². The third-order valence-electron chi connectivity index (χ3n) is 1.25. The van der Waals surface area contributed by atoms with E-state index in [4.69, 9.17) is 5.26 Å². The summed E-state index contributed by atoms with van der Waals surface area (Å²) >= 11 is 0. The molecule has 0 N–H and O–H groups in total. The van der Waals surface area contributed by atoms with Gasteiger partial charge in [-0.2, -0.15) is 5.26 Å². The maximum atomic E-state index is 11.3. The van der Waals surface area contributed by atoms with Crippen molar-refractivity contribution in [3.63, 3.8) is 0 Å². The van der Waals surface area contributed by atoms with Crippen molar-refractivity contribution in [1.82, 2.24) is 0 Å². The Kier molecular flexibility index (Phi) is 7.47. The molecule has 0 saturated heterocycles. The van der Waals surface area contributed by atoms with Crippen LogP contribution in [-0.2, 0) is 0 Å². The summed E-state index contributed by atoms with van der Waals surface area (Å²) < 4.78 is 11.3. The van der Waals surface area contributed by atoms with E-state index in [2.05, 4.69) is 6.07 Å². The second-order valence-electron chi connectivity index (χ2n) is 2.12. The molecule has 0 spiro atoms. The lowest BCUT2D eigenvalue weighted by molar-refractivity contribution is 0.679. The Morgan fingerprint density at radius 3 is 2.70 bits per heavy atom. The van der Waals surface area contributed by atoms with Crippen molar-refractivity contribution in [3.05, 3.63) is 12.4 Å².